The van der Waals surface area contributed by atoms with Crippen LogP contribution in [0.2, 0.25) is 10.0 Å². The molecule has 0 atom stereocenters. The summed E-state index contributed by atoms with van der Waals surface area (Å²) in [5.41, 5.74) is 2.96. The minimum Gasteiger partial charge on any atom is -0.483 e. The van der Waals surface area contributed by atoms with Crippen molar-refractivity contribution >= 4 is 63.8 Å². The molecule has 1 fully saturated rings. The second kappa shape index (κ2) is 11.0. The second-order valence-electron chi connectivity index (χ2n) is 7.78. The van der Waals surface area contributed by atoms with Gasteiger partial charge in [-0.3, -0.25) is 19.3 Å². The summed E-state index contributed by atoms with van der Waals surface area (Å²) in [6, 6.07) is 19.2. The van der Waals surface area contributed by atoms with Gasteiger partial charge in [0.15, 0.2) is 6.61 Å². The molecule has 0 aliphatic carbocycles. The van der Waals surface area contributed by atoms with Gasteiger partial charge in [0.1, 0.15) is 5.75 Å². The van der Waals surface area contributed by atoms with Crippen LogP contribution in [0.3, 0.4) is 0 Å². The Bertz CT molecular complexity index is 1330. The van der Waals surface area contributed by atoms with Gasteiger partial charge >= 0.3 is 0 Å². The molecule has 35 heavy (non-hydrogen) atoms. The van der Waals surface area contributed by atoms with E-state index in [4.69, 9.17) is 27.9 Å². The molecule has 0 aromatic heterocycles. The molecule has 0 unspecified atom stereocenters. The summed E-state index contributed by atoms with van der Waals surface area (Å²) >= 11 is 12.9. The Balaban J connectivity index is 1.47. The molecule has 178 valence electrons. The van der Waals surface area contributed by atoms with Crippen molar-refractivity contribution in [3.63, 3.8) is 0 Å². The molecular formula is C26H20Cl2N2O4S. The van der Waals surface area contributed by atoms with Crippen molar-refractivity contribution in [3.05, 3.63) is 98.4 Å². The van der Waals surface area contributed by atoms with Crippen molar-refractivity contribution in [2.75, 3.05) is 11.9 Å². The van der Waals surface area contributed by atoms with Gasteiger partial charge in [-0.05, 0) is 78.4 Å². The van der Waals surface area contributed by atoms with Gasteiger partial charge in [0, 0.05) is 21.3 Å². The van der Waals surface area contributed by atoms with E-state index in [2.05, 4.69) is 5.32 Å². The maximum Gasteiger partial charge on any atom is 0.293 e. The molecular weight excluding hydrogens is 507 g/mol. The zero-order valence-corrected chi connectivity index (χ0v) is 20.9. The van der Waals surface area contributed by atoms with Crippen molar-refractivity contribution in [3.8, 4) is 5.75 Å². The summed E-state index contributed by atoms with van der Waals surface area (Å²) < 4.78 is 5.72. The number of amides is 3. The molecule has 1 heterocycles. The monoisotopic (exact) mass is 526 g/mol. The predicted molar refractivity (Wildman–Crippen MR) is 140 cm³/mol. The van der Waals surface area contributed by atoms with Gasteiger partial charge in [-0.1, -0.05) is 47.5 Å². The van der Waals surface area contributed by atoms with Crippen LogP contribution in [0.25, 0.3) is 6.08 Å². The first-order valence-corrected chi connectivity index (χ1v) is 12.1. The van der Waals surface area contributed by atoms with Gasteiger partial charge in [-0.15, -0.1) is 0 Å². The van der Waals surface area contributed by atoms with Gasteiger partial charge < -0.3 is 10.1 Å². The molecule has 1 aliphatic rings. The number of hydrogen-bond acceptors (Lipinski definition) is 5. The smallest absolute Gasteiger partial charge is 0.293 e. The number of carbonyl (C=O) groups excluding carboxylic acids is 3. The average molecular weight is 527 g/mol. The van der Waals surface area contributed by atoms with E-state index in [1.165, 1.54) is 4.90 Å². The van der Waals surface area contributed by atoms with Gasteiger partial charge in [0.25, 0.3) is 17.1 Å². The van der Waals surface area contributed by atoms with E-state index < -0.39 is 5.91 Å². The Morgan fingerprint density at radius 2 is 1.77 bits per heavy atom. The number of aryl methyl sites for hydroxylation is 1. The highest BCUT2D eigenvalue weighted by Gasteiger charge is 2.35. The predicted octanol–water partition coefficient (Wildman–Crippen LogP) is 6.56. The Kier molecular flexibility index (Phi) is 7.80. The molecule has 1 aliphatic heterocycles. The number of ether oxygens (including phenoxy) is 1. The molecule has 1 saturated heterocycles. The molecule has 3 aromatic carbocycles. The number of rotatable bonds is 7. The largest absolute Gasteiger partial charge is 0.483 e. The van der Waals surface area contributed by atoms with E-state index in [-0.39, 0.29) is 29.2 Å². The summed E-state index contributed by atoms with van der Waals surface area (Å²) in [5, 5.41) is 3.40. The molecule has 3 aromatic rings. The number of thioether (sulfide) groups is 1. The zero-order valence-electron chi connectivity index (χ0n) is 18.6. The van der Waals surface area contributed by atoms with Crippen LogP contribution in [-0.4, -0.2) is 28.6 Å². The van der Waals surface area contributed by atoms with Crippen LogP contribution < -0.4 is 10.1 Å². The fraction of sp³-hybridized carbons (Fsp3) is 0.115. The zero-order chi connectivity index (χ0) is 24.9. The summed E-state index contributed by atoms with van der Waals surface area (Å²) in [5.74, 6) is -0.392. The lowest BCUT2D eigenvalue weighted by molar-refractivity contribution is -0.123. The number of benzene rings is 3. The Labute approximate surface area is 216 Å². The Morgan fingerprint density at radius 3 is 2.51 bits per heavy atom. The van der Waals surface area contributed by atoms with Gasteiger partial charge in [-0.25, -0.2) is 0 Å². The summed E-state index contributed by atoms with van der Waals surface area (Å²) in [6.45, 7) is 1.83. The molecule has 0 saturated carbocycles. The molecule has 4 rings (SSSR count). The van der Waals surface area contributed by atoms with E-state index in [0.717, 1.165) is 22.9 Å². The number of nitrogens with one attached hydrogen (secondary N) is 1. The van der Waals surface area contributed by atoms with Crippen LogP contribution >= 0.6 is 35.0 Å². The van der Waals surface area contributed by atoms with Gasteiger partial charge in [-0.2, -0.15) is 0 Å². The van der Waals surface area contributed by atoms with E-state index in [9.17, 15) is 14.4 Å². The van der Waals surface area contributed by atoms with Crippen LogP contribution in [0.5, 0.6) is 5.75 Å². The number of anilines is 1. The quantitative estimate of drug-likeness (QED) is 0.353. The number of nitrogens with zero attached hydrogens (tertiary/aromatic N) is 1. The third kappa shape index (κ3) is 6.45. The lowest BCUT2D eigenvalue weighted by Gasteiger charge is -2.13. The van der Waals surface area contributed by atoms with Crippen LogP contribution in [-0.2, 0) is 16.1 Å². The fourth-order valence-corrected chi connectivity index (χ4v) is 4.51. The summed E-state index contributed by atoms with van der Waals surface area (Å²) in [4.78, 5) is 39.2. The molecule has 0 bridgehead atoms. The van der Waals surface area contributed by atoms with Gasteiger partial charge in [0.2, 0.25) is 0 Å². The van der Waals surface area contributed by atoms with Crippen molar-refractivity contribution in [2.24, 2.45) is 0 Å². The average Bonchev–Trinajstić information content (AvgIpc) is 3.07. The van der Waals surface area contributed by atoms with Crippen molar-refractivity contribution in [2.45, 2.75) is 13.5 Å². The topological polar surface area (TPSA) is 75.7 Å². The molecule has 3 amide bonds. The minimum absolute atomic E-state index is 0.136. The highest BCUT2D eigenvalue weighted by atomic mass is 35.5. The van der Waals surface area contributed by atoms with Crippen molar-refractivity contribution in [1.82, 2.24) is 4.90 Å². The van der Waals surface area contributed by atoms with Crippen LogP contribution in [0.15, 0.2) is 71.6 Å². The second-order valence-corrected chi connectivity index (χ2v) is 9.65. The Hall–Kier alpha value is -3.26. The molecule has 0 radical (unpaired) electrons. The maximum absolute atomic E-state index is 12.9. The first kappa shape index (κ1) is 24.9. The summed E-state index contributed by atoms with van der Waals surface area (Å²) in [6.07, 6.45) is 1.55. The fourth-order valence-electron chi connectivity index (χ4n) is 3.38. The van der Waals surface area contributed by atoms with E-state index in [0.29, 0.717) is 27.0 Å². The SMILES string of the molecule is Cc1cccc(NC(=O)COc2ccc(Cl)cc2/C=C2\SC(=O)N(Cc3ccc(Cl)cc3)C2=O)c1. The molecule has 6 nitrogen and oxygen atoms in total. The Morgan fingerprint density at radius 1 is 1.03 bits per heavy atom. The third-order valence-corrected chi connectivity index (χ3v) is 6.44. The summed E-state index contributed by atoms with van der Waals surface area (Å²) in [7, 11) is 0. The van der Waals surface area contributed by atoms with Crippen molar-refractivity contribution in [1.29, 1.82) is 0 Å². The lowest BCUT2D eigenvalue weighted by atomic mass is 10.1. The van der Waals surface area contributed by atoms with E-state index in [1.54, 1.807) is 54.6 Å². The molecule has 0 spiro atoms. The van der Waals surface area contributed by atoms with E-state index in [1.807, 2.05) is 25.1 Å². The number of halogens is 2. The van der Waals surface area contributed by atoms with E-state index >= 15 is 0 Å². The number of hydrogen-bond donors (Lipinski definition) is 1. The van der Waals surface area contributed by atoms with Crippen LogP contribution in [0.4, 0.5) is 10.5 Å². The first-order chi connectivity index (χ1) is 16.8. The standard InChI is InChI=1S/C26H20Cl2N2O4S/c1-16-3-2-4-21(11-16)29-24(31)15-34-22-10-9-20(28)12-18(22)13-23-25(32)30(26(33)35-23)14-17-5-7-19(27)8-6-17/h2-13H,14-15H2,1H3,(H,29,31)/b23-13-. The highest BCUT2D eigenvalue weighted by Crippen LogP contribution is 2.35. The van der Waals surface area contributed by atoms with Crippen molar-refractivity contribution < 1.29 is 19.1 Å². The van der Waals surface area contributed by atoms with Crippen LogP contribution in [0, 0.1) is 6.92 Å². The number of imide groups is 1. The maximum atomic E-state index is 12.9. The lowest BCUT2D eigenvalue weighted by Crippen LogP contribution is -2.27. The van der Waals surface area contributed by atoms with Crippen LogP contribution in [0.1, 0.15) is 16.7 Å². The third-order valence-electron chi connectivity index (χ3n) is 5.05. The van der Waals surface area contributed by atoms with Gasteiger partial charge in [0.05, 0.1) is 11.4 Å². The molecule has 1 N–H and O–H groups in total. The minimum atomic E-state index is -0.418. The highest BCUT2D eigenvalue weighted by molar-refractivity contribution is 8.18. The molecule has 9 heteroatoms. The first-order valence-electron chi connectivity index (χ1n) is 10.6. The normalized spacial score (nSPS) is 14.5. The number of carbonyl (C=O) groups is 3.